The summed E-state index contributed by atoms with van der Waals surface area (Å²) in [5.74, 6) is -1.04. The lowest BCUT2D eigenvalue weighted by Gasteiger charge is -2.27. The number of amides is 7. The van der Waals surface area contributed by atoms with Crippen molar-refractivity contribution >= 4 is 71.0 Å². The Kier molecular flexibility index (Phi) is 33.2. The van der Waals surface area contributed by atoms with Gasteiger partial charge in [-0.3, -0.25) is 33.6 Å². The average molecular weight is 1190 g/mol. The zero-order valence-corrected chi connectivity index (χ0v) is 52.2. The number of hydrogen-bond acceptors (Lipinski definition) is 12. The molecule has 0 saturated heterocycles. The molecule has 460 valence electrons. The first-order valence-corrected chi connectivity index (χ1v) is 31.5. The molecule has 0 aliphatic carbocycles. The van der Waals surface area contributed by atoms with Crippen molar-refractivity contribution in [2.24, 2.45) is 17.8 Å². The van der Waals surface area contributed by atoms with E-state index in [1.807, 2.05) is 139 Å². The Balaban J connectivity index is 1.73. The second kappa shape index (κ2) is 38.7. The first-order chi connectivity index (χ1) is 39.3. The third-order valence-corrected chi connectivity index (χ3v) is 15.3. The maximum absolute atomic E-state index is 14.0. The summed E-state index contributed by atoms with van der Waals surface area (Å²) < 4.78 is 11.5. The van der Waals surface area contributed by atoms with Gasteiger partial charge in [-0.05, 0) is 74.5 Å². The fourth-order valence-electron chi connectivity index (χ4n) is 9.12. The zero-order valence-electron chi connectivity index (χ0n) is 50.6. The Bertz CT molecular complexity index is 2430. The van der Waals surface area contributed by atoms with Crippen LogP contribution in [0.3, 0.4) is 0 Å². The van der Waals surface area contributed by atoms with Crippen LogP contribution in [0.25, 0.3) is 0 Å². The van der Waals surface area contributed by atoms with Crippen molar-refractivity contribution in [2.75, 3.05) is 18.1 Å². The van der Waals surface area contributed by atoms with E-state index in [1.54, 1.807) is 44.3 Å². The number of alkyl carbamates (subject to hydrolysis) is 1. The normalized spacial score (nSPS) is 14.0. The second-order valence-corrected chi connectivity index (χ2v) is 25.6. The van der Waals surface area contributed by atoms with Gasteiger partial charge in [-0.25, -0.2) is 4.79 Å². The topological polar surface area (TPSA) is 259 Å². The van der Waals surface area contributed by atoms with Gasteiger partial charge >= 0.3 is 12.1 Å². The van der Waals surface area contributed by atoms with Gasteiger partial charge in [-0.1, -0.05) is 139 Å². The van der Waals surface area contributed by atoms with Gasteiger partial charge in [0.2, 0.25) is 35.4 Å². The van der Waals surface area contributed by atoms with Gasteiger partial charge in [0.05, 0.1) is 25.7 Å². The maximum Gasteiger partial charge on any atom is 0.407 e. The molecule has 0 saturated carbocycles. The molecule has 7 atom stereocenters. The summed E-state index contributed by atoms with van der Waals surface area (Å²) in [6.45, 7) is 19.0. The van der Waals surface area contributed by atoms with Crippen molar-refractivity contribution in [1.29, 1.82) is 0 Å². The van der Waals surface area contributed by atoms with E-state index in [-0.39, 0.29) is 99.5 Å². The molecule has 83 heavy (non-hydrogen) atoms. The Morgan fingerprint density at radius 3 is 1.24 bits per heavy atom. The van der Waals surface area contributed by atoms with Crippen molar-refractivity contribution in [3.63, 3.8) is 0 Å². The van der Waals surface area contributed by atoms with Gasteiger partial charge < -0.3 is 51.8 Å². The smallest absolute Gasteiger partial charge is 0.407 e. The maximum atomic E-state index is 14.0. The van der Waals surface area contributed by atoms with E-state index in [1.165, 1.54) is 0 Å². The van der Waals surface area contributed by atoms with E-state index in [9.17, 15) is 43.5 Å². The highest BCUT2D eigenvalue weighted by Gasteiger charge is 2.29. The average Bonchev–Trinajstić information content (AvgIpc) is 3.42. The summed E-state index contributed by atoms with van der Waals surface area (Å²) in [7, 11) is 0. The summed E-state index contributed by atoms with van der Waals surface area (Å²) in [4.78, 5) is 107. The Morgan fingerprint density at radius 2 is 0.831 bits per heavy atom. The lowest BCUT2D eigenvalue weighted by molar-refractivity contribution is -0.138. The molecule has 3 rings (SSSR count). The first kappa shape index (κ1) is 71.1. The van der Waals surface area contributed by atoms with Crippen LogP contribution >= 0.6 is 23.5 Å². The summed E-state index contributed by atoms with van der Waals surface area (Å²) in [6.07, 6.45) is -0.0482. The molecular formula is C63H95N7O11S2. The van der Waals surface area contributed by atoms with Gasteiger partial charge in [0, 0.05) is 97.8 Å². The van der Waals surface area contributed by atoms with E-state index in [2.05, 4.69) is 37.2 Å². The standard InChI is InChI=1S/C63H95N7O11S2/c1-11-48(29-55(71)68-52(40-82-38-46-23-17-13-18-24-46)32-59(75)66-50(28-43(4)5)34-61(77)78)64-57(73)31-51(37-80-36-45-21-15-12-16-22-45)67-56(72)30-49(27-42(2)3)65-58(74)33-53(41-83-39-47-25-19-14-20-26-47)69-60(76)35-54(44(6)7)70-62(79)81-63(8,9)10/h12-26,42-44,48-54H,11,27-41H2,1-10H3,(H,64,73)(H,65,74)(H,66,75)(H,67,72)(H,68,71)(H,69,76)(H,70,79)(H,77,78)/t48-,49+,50+,51-,52-,53-,54-/m1/s1. The van der Waals surface area contributed by atoms with Crippen molar-refractivity contribution in [1.82, 2.24) is 37.2 Å². The van der Waals surface area contributed by atoms with E-state index in [4.69, 9.17) is 9.47 Å². The molecule has 7 amide bonds. The quantitative estimate of drug-likeness (QED) is 0.0266. The third-order valence-electron chi connectivity index (χ3n) is 13.0. The number of ether oxygens (including phenoxy) is 2. The fourth-order valence-corrected chi connectivity index (χ4v) is 11.2. The van der Waals surface area contributed by atoms with Crippen LogP contribution in [0.15, 0.2) is 91.0 Å². The predicted molar refractivity (Wildman–Crippen MR) is 330 cm³/mol. The number of carboxylic acids is 1. The molecule has 0 aromatic heterocycles. The number of hydrogen-bond donors (Lipinski definition) is 8. The van der Waals surface area contributed by atoms with Gasteiger partial charge in [0.15, 0.2) is 0 Å². The molecule has 0 aliphatic heterocycles. The van der Waals surface area contributed by atoms with Gasteiger partial charge in [-0.2, -0.15) is 23.5 Å². The van der Waals surface area contributed by atoms with Crippen LogP contribution in [-0.2, 0) is 61.1 Å². The number of nitrogens with one attached hydrogen (secondary N) is 7. The number of carboxylic acid groups (broad SMARTS) is 1. The van der Waals surface area contributed by atoms with Gasteiger partial charge in [0.25, 0.3) is 0 Å². The molecule has 18 nitrogen and oxygen atoms in total. The van der Waals surface area contributed by atoms with Crippen molar-refractivity contribution in [3.8, 4) is 0 Å². The fraction of sp³-hybridized carbons (Fsp3) is 0.587. The van der Waals surface area contributed by atoms with Crippen molar-refractivity contribution in [2.45, 2.75) is 199 Å². The van der Waals surface area contributed by atoms with E-state index >= 15 is 0 Å². The molecule has 20 heteroatoms. The van der Waals surface area contributed by atoms with Crippen molar-refractivity contribution < 1.29 is 52.9 Å². The SMILES string of the molecule is CC[C@H](CC(=O)N[C@@H](CSCc1ccccc1)CC(=O)N[C@H](CC(=O)O)CC(C)C)NC(=O)C[C@H](COCc1ccccc1)NC(=O)C[C@H](CC(C)C)NC(=O)C[C@H](CSCc1ccccc1)NC(=O)C[C@@H](NC(=O)OC(C)(C)C)C(C)C. The summed E-state index contributed by atoms with van der Waals surface area (Å²) in [5, 5.41) is 30.3. The van der Waals surface area contributed by atoms with Crippen LogP contribution in [0.1, 0.15) is 150 Å². The molecular weight excluding hydrogens is 1090 g/mol. The molecule has 0 heterocycles. The number of aliphatic carboxylic acids is 1. The largest absolute Gasteiger partial charge is 0.481 e. The molecule has 0 unspecified atom stereocenters. The highest BCUT2D eigenvalue weighted by atomic mass is 32.2. The molecule has 3 aromatic rings. The Hall–Kier alpha value is -6.12. The first-order valence-electron chi connectivity index (χ1n) is 29.2. The highest BCUT2D eigenvalue weighted by molar-refractivity contribution is 7.98. The number of benzene rings is 3. The molecule has 0 fully saturated rings. The van der Waals surface area contributed by atoms with Gasteiger partial charge in [-0.15, -0.1) is 0 Å². The minimum absolute atomic E-state index is 0.0194. The van der Waals surface area contributed by atoms with Crippen molar-refractivity contribution in [3.05, 3.63) is 108 Å². The van der Waals surface area contributed by atoms with Crippen LogP contribution in [0, 0.1) is 17.8 Å². The molecule has 3 aromatic carbocycles. The Morgan fingerprint density at radius 1 is 0.470 bits per heavy atom. The highest BCUT2D eigenvalue weighted by Crippen LogP contribution is 2.19. The van der Waals surface area contributed by atoms with E-state index in [0.717, 1.165) is 16.7 Å². The number of rotatable bonds is 39. The summed E-state index contributed by atoms with van der Waals surface area (Å²) >= 11 is 3.13. The molecule has 8 N–H and O–H groups in total. The number of carbonyl (C=O) groups excluding carboxylic acids is 7. The third kappa shape index (κ3) is 33.7. The second-order valence-electron chi connectivity index (χ2n) is 23.6. The van der Waals surface area contributed by atoms with Crippen LogP contribution < -0.4 is 37.2 Å². The lowest BCUT2D eigenvalue weighted by Crippen LogP contribution is -2.49. The minimum Gasteiger partial charge on any atom is -0.481 e. The monoisotopic (exact) mass is 1190 g/mol. The lowest BCUT2D eigenvalue weighted by atomic mass is 9.99. The zero-order chi connectivity index (χ0) is 61.3. The number of thioether (sulfide) groups is 2. The number of carbonyl (C=O) groups is 8. The van der Waals surface area contributed by atoms with E-state index < -0.39 is 71.8 Å². The predicted octanol–water partition coefficient (Wildman–Crippen LogP) is 8.85. The minimum atomic E-state index is -1.02. The van der Waals surface area contributed by atoms with Crippen LogP contribution in [0.2, 0.25) is 0 Å². The van der Waals surface area contributed by atoms with Crippen LogP contribution in [0.4, 0.5) is 4.79 Å². The molecule has 0 aliphatic rings. The molecule has 0 spiro atoms. The summed E-state index contributed by atoms with van der Waals surface area (Å²) in [6, 6.07) is 24.9. The summed E-state index contributed by atoms with van der Waals surface area (Å²) in [5.41, 5.74) is 2.35. The van der Waals surface area contributed by atoms with Crippen LogP contribution in [0.5, 0.6) is 0 Å². The molecule has 0 bridgehead atoms. The Labute approximate surface area is 501 Å². The van der Waals surface area contributed by atoms with Crippen LogP contribution in [-0.4, -0.2) is 119 Å². The molecule has 0 radical (unpaired) electrons. The van der Waals surface area contributed by atoms with Gasteiger partial charge in [0.1, 0.15) is 5.60 Å². The van der Waals surface area contributed by atoms with E-state index in [0.29, 0.717) is 42.3 Å².